The van der Waals surface area contributed by atoms with Crippen LogP contribution in [0.15, 0.2) is 24.3 Å². The van der Waals surface area contributed by atoms with E-state index in [1.54, 1.807) is 7.11 Å². The van der Waals surface area contributed by atoms with Gasteiger partial charge in [-0.1, -0.05) is 18.2 Å². The van der Waals surface area contributed by atoms with Crippen LogP contribution in [0.25, 0.3) is 0 Å². The zero-order valence-corrected chi connectivity index (χ0v) is 10.6. The number of halogens is 3. The molecule has 18 heavy (non-hydrogen) atoms. The maximum Gasteiger partial charge on any atom is 0.390 e. The van der Waals surface area contributed by atoms with Gasteiger partial charge >= 0.3 is 6.18 Å². The Morgan fingerprint density at radius 3 is 2.56 bits per heavy atom. The van der Waals surface area contributed by atoms with Gasteiger partial charge in [0.1, 0.15) is 5.75 Å². The Bertz CT molecular complexity index is 365. The largest absolute Gasteiger partial charge is 0.496 e. The minimum absolute atomic E-state index is 0.0244. The lowest BCUT2D eigenvalue weighted by Gasteiger charge is -2.16. The molecule has 0 aromatic heterocycles. The molecule has 1 N–H and O–H groups in total. The maximum atomic E-state index is 12.0. The van der Waals surface area contributed by atoms with Gasteiger partial charge in [-0.25, -0.2) is 0 Å². The van der Waals surface area contributed by atoms with Gasteiger partial charge in [0, 0.05) is 12.6 Å². The molecule has 0 saturated carbocycles. The van der Waals surface area contributed by atoms with Crippen LogP contribution < -0.4 is 10.1 Å². The summed E-state index contributed by atoms with van der Waals surface area (Å²) in [5.41, 5.74) is 0.993. The van der Waals surface area contributed by atoms with Gasteiger partial charge in [-0.05, 0) is 25.0 Å². The molecule has 0 aliphatic heterocycles. The Hall–Kier alpha value is -1.23. The fourth-order valence-corrected chi connectivity index (χ4v) is 1.73. The quantitative estimate of drug-likeness (QED) is 0.849. The number of alkyl halides is 3. The van der Waals surface area contributed by atoms with Crippen LogP contribution in [0.4, 0.5) is 13.2 Å². The fraction of sp³-hybridized carbons (Fsp3) is 0.538. The molecule has 0 heterocycles. The third-order valence-corrected chi connectivity index (χ3v) is 2.62. The van der Waals surface area contributed by atoms with Crippen LogP contribution in [-0.2, 0) is 6.42 Å². The third kappa shape index (κ3) is 5.40. The van der Waals surface area contributed by atoms with Crippen molar-refractivity contribution in [2.75, 3.05) is 13.7 Å². The predicted octanol–water partition coefficient (Wildman–Crippen LogP) is 3.17. The molecular weight excluding hydrogens is 243 g/mol. The molecule has 0 spiro atoms. The van der Waals surface area contributed by atoms with E-state index in [4.69, 9.17) is 4.74 Å². The molecule has 1 rings (SSSR count). The van der Waals surface area contributed by atoms with Gasteiger partial charge in [0.05, 0.1) is 13.5 Å². The number of hydrogen-bond acceptors (Lipinski definition) is 2. The van der Waals surface area contributed by atoms with E-state index in [1.165, 1.54) is 0 Å². The van der Waals surface area contributed by atoms with Gasteiger partial charge in [0.2, 0.25) is 0 Å². The standard InChI is InChI=1S/C13H18F3NO/c1-10(17-8-7-13(14,15)16)9-11-5-3-4-6-12(11)18-2/h3-6,10,17H,7-9H2,1-2H3. The summed E-state index contributed by atoms with van der Waals surface area (Å²) in [6.45, 7) is 1.81. The minimum atomic E-state index is -4.10. The van der Waals surface area contributed by atoms with Crippen molar-refractivity contribution in [2.24, 2.45) is 0 Å². The first-order chi connectivity index (χ1) is 8.42. The molecule has 1 atom stereocenters. The van der Waals surface area contributed by atoms with Crippen molar-refractivity contribution in [3.05, 3.63) is 29.8 Å². The van der Waals surface area contributed by atoms with E-state index >= 15 is 0 Å². The molecule has 1 aromatic rings. The number of hydrogen-bond donors (Lipinski definition) is 1. The molecule has 5 heteroatoms. The second-order valence-corrected chi connectivity index (χ2v) is 4.24. The van der Waals surface area contributed by atoms with Crippen LogP contribution in [0, 0.1) is 0 Å². The molecule has 0 fully saturated rings. The van der Waals surface area contributed by atoms with Crippen molar-refractivity contribution >= 4 is 0 Å². The smallest absolute Gasteiger partial charge is 0.390 e. The Morgan fingerprint density at radius 1 is 1.28 bits per heavy atom. The van der Waals surface area contributed by atoms with E-state index in [9.17, 15) is 13.2 Å². The molecule has 1 unspecified atom stereocenters. The fourth-order valence-electron chi connectivity index (χ4n) is 1.73. The average molecular weight is 261 g/mol. The topological polar surface area (TPSA) is 21.3 Å². The summed E-state index contributed by atoms with van der Waals surface area (Å²) < 4.78 is 41.2. The van der Waals surface area contributed by atoms with Crippen LogP contribution in [-0.4, -0.2) is 25.9 Å². The molecule has 0 radical (unpaired) electrons. The van der Waals surface area contributed by atoms with Crippen LogP contribution in [0.1, 0.15) is 18.9 Å². The lowest BCUT2D eigenvalue weighted by Crippen LogP contribution is -2.31. The first-order valence-electron chi connectivity index (χ1n) is 5.84. The Kier molecular flexibility index (Phi) is 5.47. The SMILES string of the molecule is COc1ccccc1CC(C)NCCC(F)(F)F. The molecule has 0 amide bonds. The zero-order valence-electron chi connectivity index (χ0n) is 10.6. The lowest BCUT2D eigenvalue weighted by atomic mass is 10.1. The van der Waals surface area contributed by atoms with E-state index in [-0.39, 0.29) is 12.6 Å². The van der Waals surface area contributed by atoms with Gasteiger partial charge in [-0.2, -0.15) is 13.2 Å². The number of rotatable bonds is 6. The molecule has 0 bridgehead atoms. The van der Waals surface area contributed by atoms with Crippen LogP contribution in [0.3, 0.4) is 0 Å². The van der Waals surface area contributed by atoms with Crippen molar-refractivity contribution in [3.63, 3.8) is 0 Å². The molecule has 0 aliphatic rings. The van der Waals surface area contributed by atoms with Gasteiger partial charge in [0.15, 0.2) is 0 Å². The molecule has 102 valence electrons. The summed E-state index contributed by atoms with van der Waals surface area (Å²) in [6.07, 6.45) is -4.26. The normalized spacial score (nSPS) is 13.4. The molecular formula is C13H18F3NO. The van der Waals surface area contributed by atoms with E-state index in [1.807, 2.05) is 31.2 Å². The summed E-state index contributed by atoms with van der Waals surface area (Å²) in [7, 11) is 1.58. The van der Waals surface area contributed by atoms with Crippen molar-refractivity contribution in [2.45, 2.75) is 32.0 Å². The van der Waals surface area contributed by atoms with Gasteiger partial charge < -0.3 is 10.1 Å². The summed E-state index contributed by atoms with van der Waals surface area (Å²) in [4.78, 5) is 0. The first kappa shape index (κ1) is 14.8. The number of benzene rings is 1. The Morgan fingerprint density at radius 2 is 1.94 bits per heavy atom. The molecule has 1 aromatic carbocycles. The summed E-state index contributed by atoms with van der Waals surface area (Å²) in [5.74, 6) is 0.766. The lowest BCUT2D eigenvalue weighted by molar-refractivity contribution is -0.133. The van der Waals surface area contributed by atoms with Crippen LogP contribution >= 0.6 is 0 Å². The Balaban J connectivity index is 2.42. The van der Waals surface area contributed by atoms with Crippen molar-refractivity contribution in [3.8, 4) is 5.75 Å². The first-order valence-corrected chi connectivity index (χ1v) is 5.84. The van der Waals surface area contributed by atoms with E-state index in [0.29, 0.717) is 6.42 Å². The van der Waals surface area contributed by atoms with Crippen LogP contribution in [0.5, 0.6) is 5.75 Å². The van der Waals surface area contributed by atoms with Crippen molar-refractivity contribution < 1.29 is 17.9 Å². The van der Waals surface area contributed by atoms with Crippen LogP contribution in [0.2, 0.25) is 0 Å². The number of nitrogens with one attached hydrogen (secondary N) is 1. The van der Waals surface area contributed by atoms with E-state index in [2.05, 4.69) is 5.32 Å². The zero-order chi connectivity index (χ0) is 13.6. The highest BCUT2D eigenvalue weighted by Crippen LogP contribution is 2.20. The number of ether oxygens (including phenoxy) is 1. The molecule has 0 saturated heterocycles. The minimum Gasteiger partial charge on any atom is -0.496 e. The third-order valence-electron chi connectivity index (χ3n) is 2.62. The molecule has 0 aliphatic carbocycles. The van der Waals surface area contributed by atoms with E-state index in [0.717, 1.165) is 11.3 Å². The number of para-hydroxylation sites is 1. The van der Waals surface area contributed by atoms with Crippen molar-refractivity contribution in [1.82, 2.24) is 5.32 Å². The highest BCUT2D eigenvalue weighted by atomic mass is 19.4. The van der Waals surface area contributed by atoms with Gasteiger partial charge in [0.25, 0.3) is 0 Å². The highest BCUT2D eigenvalue weighted by molar-refractivity contribution is 5.33. The van der Waals surface area contributed by atoms with Crippen molar-refractivity contribution in [1.29, 1.82) is 0 Å². The molecule has 2 nitrogen and oxygen atoms in total. The summed E-state index contributed by atoms with van der Waals surface area (Å²) in [5, 5.41) is 2.86. The predicted molar refractivity (Wildman–Crippen MR) is 64.8 cm³/mol. The monoisotopic (exact) mass is 261 g/mol. The second kappa shape index (κ2) is 6.64. The summed E-state index contributed by atoms with van der Waals surface area (Å²) in [6, 6.07) is 7.49. The maximum absolute atomic E-state index is 12.0. The van der Waals surface area contributed by atoms with Gasteiger partial charge in [-0.15, -0.1) is 0 Å². The highest BCUT2D eigenvalue weighted by Gasteiger charge is 2.26. The number of methoxy groups -OCH3 is 1. The average Bonchev–Trinajstić information content (AvgIpc) is 2.28. The second-order valence-electron chi connectivity index (χ2n) is 4.24. The van der Waals surface area contributed by atoms with Gasteiger partial charge in [-0.3, -0.25) is 0 Å². The summed E-state index contributed by atoms with van der Waals surface area (Å²) >= 11 is 0. The van der Waals surface area contributed by atoms with E-state index < -0.39 is 12.6 Å². The Labute approximate surface area is 105 Å².